The molecule has 0 spiro atoms. The van der Waals surface area contributed by atoms with Crippen LogP contribution in [0.3, 0.4) is 0 Å². The minimum Gasteiger partial charge on any atom is -0.312 e. The van der Waals surface area contributed by atoms with Crippen molar-refractivity contribution in [2.75, 3.05) is 19.6 Å². The molecular formula is C15H30N2. The molecule has 0 aromatic heterocycles. The third-order valence-corrected chi connectivity index (χ3v) is 4.73. The third kappa shape index (κ3) is 3.69. The second kappa shape index (κ2) is 6.75. The first kappa shape index (κ1) is 13.4. The molecule has 0 aromatic rings. The van der Waals surface area contributed by atoms with E-state index in [1.54, 1.807) is 0 Å². The van der Waals surface area contributed by atoms with E-state index >= 15 is 0 Å². The summed E-state index contributed by atoms with van der Waals surface area (Å²) in [6.45, 7) is 8.63. The van der Waals surface area contributed by atoms with Crippen LogP contribution in [-0.4, -0.2) is 36.6 Å². The fraction of sp³-hybridized carbons (Fsp3) is 1.00. The van der Waals surface area contributed by atoms with Crippen molar-refractivity contribution in [2.24, 2.45) is 5.92 Å². The average molecular weight is 238 g/mol. The van der Waals surface area contributed by atoms with Crippen molar-refractivity contribution >= 4 is 0 Å². The molecule has 2 fully saturated rings. The lowest BCUT2D eigenvalue weighted by Crippen LogP contribution is -2.41. The summed E-state index contributed by atoms with van der Waals surface area (Å²) in [5.41, 5.74) is 0. The Bertz CT molecular complexity index is 203. The summed E-state index contributed by atoms with van der Waals surface area (Å²) in [7, 11) is 0. The number of rotatable bonds is 6. The van der Waals surface area contributed by atoms with Gasteiger partial charge in [-0.2, -0.15) is 0 Å². The molecule has 0 bridgehead atoms. The van der Waals surface area contributed by atoms with Gasteiger partial charge in [0.05, 0.1) is 0 Å². The summed E-state index contributed by atoms with van der Waals surface area (Å²) in [6.07, 6.45) is 9.87. The molecule has 2 rings (SSSR count). The first-order chi connectivity index (χ1) is 8.31. The third-order valence-electron chi connectivity index (χ3n) is 4.73. The molecule has 100 valence electrons. The van der Waals surface area contributed by atoms with Gasteiger partial charge in [0, 0.05) is 25.2 Å². The van der Waals surface area contributed by atoms with Crippen LogP contribution in [0.2, 0.25) is 0 Å². The zero-order valence-corrected chi connectivity index (χ0v) is 11.8. The Morgan fingerprint density at radius 2 is 2.12 bits per heavy atom. The van der Waals surface area contributed by atoms with E-state index in [1.807, 2.05) is 0 Å². The zero-order chi connectivity index (χ0) is 12.1. The van der Waals surface area contributed by atoms with Crippen molar-refractivity contribution in [3.63, 3.8) is 0 Å². The molecule has 2 aliphatic heterocycles. The molecule has 0 aliphatic carbocycles. The molecule has 0 radical (unpaired) electrons. The highest BCUT2D eigenvalue weighted by molar-refractivity contribution is 4.93. The molecule has 2 heterocycles. The number of likely N-dealkylation sites (tertiary alicyclic amines) is 1. The van der Waals surface area contributed by atoms with Crippen LogP contribution in [0.1, 0.15) is 58.8 Å². The lowest BCUT2D eigenvalue weighted by Gasteiger charge is -2.25. The van der Waals surface area contributed by atoms with E-state index in [4.69, 9.17) is 0 Å². The summed E-state index contributed by atoms with van der Waals surface area (Å²) in [5.74, 6) is 0.946. The first-order valence-electron chi connectivity index (χ1n) is 7.78. The normalized spacial score (nSPS) is 31.4. The predicted octanol–water partition coefficient (Wildman–Crippen LogP) is 3.03. The topological polar surface area (TPSA) is 15.3 Å². The molecule has 3 atom stereocenters. The number of hydrogen-bond acceptors (Lipinski definition) is 2. The van der Waals surface area contributed by atoms with Gasteiger partial charge in [-0.15, -0.1) is 0 Å². The van der Waals surface area contributed by atoms with Crippen LogP contribution in [0.5, 0.6) is 0 Å². The Labute approximate surface area is 107 Å². The maximum Gasteiger partial charge on any atom is 0.0235 e. The van der Waals surface area contributed by atoms with Gasteiger partial charge in [0.2, 0.25) is 0 Å². The van der Waals surface area contributed by atoms with Crippen LogP contribution in [-0.2, 0) is 0 Å². The molecule has 0 amide bonds. The van der Waals surface area contributed by atoms with Gasteiger partial charge >= 0.3 is 0 Å². The van der Waals surface area contributed by atoms with E-state index in [0.29, 0.717) is 0 Å². The summed E-state index contributed by atoms with van der Waals surface area (Å²) in [5, 5.41) is 3.70. The Balaban J connectivity index is 1.68. The van der Waals surface area contributed by atoms with Crippen LogP contribution in [0.4, 0.5) is 0 Å². The van der Waals surface area contributed by atoms with Gasteiger partial charge in [-0.05, 0) is 38.6 Å². The van der Waals surface area contributed by atoms with Crippen molar-refractivity contribution in [2.45, 2.75) is 70.9 Å². The first-order valence-corrected chi connectivity index (χ1v) is 7.78. The van der Waals surface area contributed by atoms with Gasteiger partial charge in [0.1, 0.15) is 0 Å². The van der Waals surface area contributed by atoms with E-state index in [1.165, 1.54) is 64.6 Å². The van der Waals surface area contributed by atoms with Crippen molar-refractivity contribution in [1.82, 2.24) is 10.2 Å². The Kier molecular flexibility index (Phi) is 5.30. The Morgan fingerprint density at radius 1 is 1.24 bits per heavy atom. The van der Waals surface area contributed by atoms with E-state index in [0.717, 1.165) is 18.0 Å². The molecular weight excluding hydrogens is 208 g/mol. The fourth-order valence-corrected chi connectivity index (χ4v) is 3.49. The summed E-state index contributed by atoms with van der Waals surface area (Å²) < 4.78 is 0. The van der Waals surface area contributed by atoms with Gasteiger partial charge in [0.15, 0.2) is 0 Å². The molecule has 0 saturated carbocycles. The monoisotopic (exact) mass is 238 g/mol. The van der Waals surface area contributed by atoms with E-state index in [9.17, 15) is 0 Å². The van der Waals surface area contributed by atoms with Crippen molar-refractivity contribution < 1.29 is 0 Å². The molecule has 2 nitrogen and oxygen atoms in total. The highest BCUT2D eigenvalue weighted by Crippen LogP contribution is 2.27. The number of fused-ring (bicyclic) bond motifs is 1. The fourth-order valence-electron chi connectivity index (χ4n) is 3.49. The van der Waals surface area contributed by atoms with Crippen LogP contribution >= 0.6 is 0 Å². The number of piperidine rings is 1. The molecule has 2 saturated heterocycles. The SMILES string of the molecule is CCCCCCC(C)N1C[C@@H]2CCCN[C@@H]2C1. The van der Waals surface area contributed by atoms with Crippen LogP contribution in [0.25, 0.3) is 0 Å². The number of nitrogens with one attached hydrogen (secondary N) is 1. The number of hydrogen-bond donors (Lipinski definition) is 1. The molecule has 0 aromatic carbocycles. The van der Waals surface area contributed by atoms with E-state index in [-0.39, 0.29) is 0 Å². The molecule has 17 heavy (non-hydrogen) atoms. The van der Waals surface area contributed by atoms with Crippen molar-refractivity contribution in [1.29, 1.82) is 0 Å². The highest BCUT2D eigenvalue weighted by atomic mass is 15.2. The van der Waals surface area contributed by atoms with Crippen molar-refractivity contribution in [3.8, 4) is 0 Å². The van der Waals surface area contributed by atoms with Gasteiger partial charge in [0.25, 0.3) is 0 Å². The zero-order valence-electron chi connectivity index (χ0n) is 11.8. The standard InChI is InChI=1S/C15H30N2/c1-3-4-5-6-8-13(2)17-11-14-9-7-10-16-15(14)12-17/h13-16H,3-12H2,1-2H3/t13?,14-,15+/m0/s1. The summed E-state index contributed by atoms with van der Waals surface area (Å²) in [4.78, 5) is 2.74. The van der Waals surface area contributed by atoms with Crippen LogP contribution in [0, 0.1) is 5.92 Å². The quantitative estimate of drug-likeness (QED) is 0.716. The largest absolute Gasteiger partial charge is 0.312 e. The van der Waals surface area contributed by atoms with Gasteiger partial charge in [-0.25, -0.2) is 0 Å². The maximum absolute atomic E-state index is 3.70. The second-order valence-corrected chi connectivity index (χ2v) is 6.12. The van der Waals surface area contributed by atoms with E-state index in [2.05, 4.69) is 24.1 Å². The number of unbranched alkanes of at least 4 members (excludes halogenated alkanes) is 3. The van der Waals surface area contributed by atoms with Gasteiger partial charge in [-0.3, -0.25) is 4.90 Å². The summed E-state index contributed by atoms with van der Waals surface area (Å²) >= 11 is 0. The van der Waals surface area contributed by atoms with E-state index < -0.39 is 0 Å². The van der Waals surface area contributed by atoms with Gasteiger partial charge < -0.3 is 5.32 Å². The minimum absolute atomic E-state index is 0.805. The smallest absolute Gasteiger partial charge is 0.0235 e. The van der Waals surface area contributed by atoms with Crippen LogP contribution in [0.15, 0.2) is 0 Å². The minimum atomic E-state index is 0.805. The lowest BCUT2D eigenvalue weighted by molar-refractivity contribution is 0.231. The molecule has 1 N–H and O–H groups in total. The lowest BCUT2D eigenvalue weighted by atomic mass is 9.94. The Morgan fingerprint density at radius 3 is 2.88 bits per heavy atom. The van der Waals surface area contributed by atoms with Crippen molar-refractivity contribution in [3.05, 3.63) is 0 Å². The maximum atomic E-state index is 3.70. The highest BCUT2D eigenvalue weighted by Gasteiger charge is 2.35. The average Bonchev–Trinajstić information content (AvgIpc) is 2.78. The van der Waals surface area contributed by atoms with Gasteiger partial charge in [-0.1, -0.05) is 32.6 Å². The van der Waals surface area contributed by atoms with Crippen LogP contribution < -0.4 is 5.32 Å². The molecule has 2 aliphatic rings. The molecule has 1 unspecified atom stereocenters. The molecule has 2 heteroatoms. The summed E-state index contributed by atoms with van der Waals surface area (Å²) in [6, 6.07) is 1.61. The second-order valence-electron chi connectivity index (χ2n) is 6.12. The Hall–Kier alpha value is -0.0800. The predicted molar refractivity (Wildman–Crippen MR) is 74.3 cm³/mol. The number of nitrogens with zero attached hydrogens (tertiary/aromatic N) is 1.